The second-order valence-corrected chi connectivity index (χ2v) is 4.21. The van der Waals surface area contributed by atoms with Gasteiger partial charge in [0.1, 0.15) is 11.9 Å². The van der Waals surface area contributed by atoms with Crippen molar-refractivity contribution in [3.63, 3.8) is 0 Å². The predicted octanol–water partition coefficient (Wildman–Crippen LogP) is -0.633. The normalized spacial score (nSPS) is 20.2. The minimum absolute atomic E-state index is 0.000185. The molecule has 0 saturated carbocycles. The zero-order valence-corrected chi connectivity index (χ0v) is 10.2. The van der Waals surface area contributed by atoms with E-state index in [-0.39, 0.29) is 12.0 Å². The predicted molar refractivity (Wildman–Crippen MR) is 62.3 cm³/mol. The SMILES string of the molecule is CN(Cc1nccn1C)C(=O)C1CNCCO1. The third-order valence-electron chi connectivity index (χ3n) is 2.88. The van der Waals surface area contributed by atoms with Gasteiger partial charge in [-0.3, -0.25) is 4.79 Å². The molecular weight excluding hydrogens is 220 g/mol. The molecule has 2 heterocycles. The molecule has 6 heteroatoms. The minimum Gasteiger partial charge on any atom is -0.366 e. The van der Waals surface area contributed by atoms with Crippen LogP contribution in [0.1, 0.15) is 5.82 Å². The minimum atomic E-state index is -0.367. The van der Waals surface area contributed by atoms with Crippen LogP contribution in [0.3, 0.4) is 0 Å². The lowest BCUT2D eigenvalue weighted by atomic mass is 10.2. The molecule has 1 amide bonds. The summed E-state index contributed by atoms with van der Waals surface area (Å²) in [6.07, 6.45) is 3.23. The van der Waals surface area contributed by atoms with Gasteiger partial charge >= 0.3 is 0 Å². The van der Waals surface area contributed by atoms with Crippen LogP contribution in [0.25, 0.3) is 0 Å². The van der Waals surface area contributed by atoms with Crippen molar-refractivity contribution in [3.05, 3.63) is 18.2 Å². The molecular formula is C11H18N4O2. The van der Waals surface area contributed by atoms with Gasteiger partial charge in [-0.1, -0.05) is 0 Å². The Kier molecular flexibility index (Phi) is 3.75. The summed E-state index contributed by atoms with van der Waals surface area (Å²) in [6, 6.07) is 0. The summed E-state index contributed by atoms with van der Waals surface area (Å²) < 4.78 is 7.34. The van der Waals surface area contributed by atoms with E-state index in [9.17, 15) is 4.79 Å². The van der Waals surface area contributed by atoms with E-state index in [0.717, 1.165) is 12.4 Å². The van der Waals surface area contributed by atoms with Crippen LogP contribution in [-0.4, -0.2) is 53.2 Å². The van der Waals surface area contributed by atoms with Crippen LogP contribution in [0.4, 0.5) is 0 Å². The summed E-state index contributed by atoms with van der Waals surface area (Å²) in [4.78, 5) is 17.9. The van der Waals surface area contributed by atoms with Crippen LogP contribution in [0.15, 0.2) is 12.4 Å². The van der Waals surface area contributed by atoms with Gasteiger partial charge in [-0.05, 0) is 0 Å². The second-order valence-electron chi connectivity index (χ2n) is 4.21. The molecule has 1 atom stereocenters. The molecule has 1 aromatic rings. The van der Waals surface area contributed by atoms with Crippen molar-refractivity contribution in [2.75, 3.05) is 26.7 Å². The molecule has 1 N–H and O–H groups in total. The number of likely N-dealkylation sites (N-methyl/N-ethyl adjacent to an activating group) is 1. The molecule has 0 bridgehead atoms. The number of nitrogens with one attached hydrogen (secondary N) is 1. The van der Waals surface area contributed by atoms with Crippen molar-refractivity contribution in [1.29, 1.82) is 0 Å². The number of aromatic nitrogens is 2. The largest absolute Gasteiger partial charge is 0.366 e. The molecule has 1 aliphatic rings. The number of carbonyl (C=O) groups excluding carboxylic acids is 1. The van der Waals surface area contributed by atoms with E-state index in [1.165, 1.54) is 0 Å². The number of nitrogens with zero attached hydrogens (tertiary/aromatic N) is 3. The van der Waals surface area contributed by atoms with Crippen LogP contribution >= 0.6 is 0 Å². The van der Waals surface area contributed by atoms with E-state index in [1.807, 2.05) is 17.8 Å². The van der Waals surface area contributed by atoms with Gasteiger partial charge in [0.05, 0.1) is 13.2 Å². The highest BCUT2D eigenvalue weighted by Crippen LogP contribution is 2.05. The van der Waals surface area contributed by atoms with E-state index < -0.39 is 0 Å². The van der Waals surface area contributed by atoms with E-state index in [2.05, 4.69) is 10.3 Å². The average Bonchev–Trinajstić information content (AvgIpc) is 2.75. The number of carbonyl (C=O) groups is 1. The fourth-order valence-electron chi connectivity index (χ4n) is 1.81. The summed E-state index contributed by atoms with van der Waals surface area (Å²) in [5.41, 5.74) is 0. The van der Waals surface area contributed by atoms with Gasteiger partial charge in [-0.15, -0.1) is 0 Å². The third kappa shape index (κ3) is 2.83. The third-order valence-corrected chi connectivity index (χ3v) is 2.88. The van der Waals surface area contributed by atoms with Crippen LogP contribution < -0.4 is 5.32 Å². The lowest BCUT2D eigenvalue weighted by molar-refractivity contribution is -0.144. The van der Waals surface area contributed by atoms with Crippen LogP contribution in [0.2, 0.25) is 0 Å². The first-order valence-corrected chi connectivity index (χ1v) is 5.72. The van der Waals surface area contributed by atoms with Crippen molar-refractivity contribution in [2.24, 2.45) is 7.05 Å². The number of morpholine rings is 1. The Balaban J connectivity index is 1.93. The molecule has 0 aliphatic carbocycles. The van der Waals surface area contributed by atoms with Gasteiger partial charge in [0.15, 0.2) is 0 Å². The van der Waals surface area contributed by atoms with Crippen molar-refractivity contribution in [2.45, 2.75) is 12.6 Å². The standard InChI is InChI=1S/C11H18N4O2/c1-14-5-3-13-10(14)8-15(2)11(16)9-7-12-4-6-17-9/h3,5,9,12H,4,6-8H2,1-2H3. The van der Waals surface area contributed by atoms with E-state index in [0.29, 0.717) is 19.7 Å². The monoisotopic (exact) mass is 238 g/mol. The Morgan fingerprint density at radius 1 is 1.76 bits per heavy atom. The molecule has 1 fully saturated rings. The molecule has 17 heavy (non-hydrogen) atoms. The average molecular weight is 238 g/mol. The van der Waals surface area contributed by atoms with Gasteiger partial charge in [-0.25, -0.2) is 4.98 Å². The first kappa shape index (κ1) is 12.1. The number of ether oxygens (including phenoxy) is 1. The van der Waals surface area contributed by atoms with E-state index in [4.69, 9.17) is 4.74 Å². The van der Waals surface area contributed by atoms with Crippen LogP contribution in [0, 0.1) is 0 Å². The fourth-order valence-corrected chi connectivity index (χ4v) is 1.81. The molecule has 1 saturated heterocycles. The second kappa shape index (κ2) is 5.29. The lowest BCUT2D eigenvalue weighted by Gasteiger charge is -2.27. The van der Waals surface area contributed by atoms with E-state index >= 15 is 0 Å². The van der Waals surface area contributed by atoms with Crippen LogP contribution in [-0.2, 0) is 23.1 Å². The molecule has 6 nitrogen and oxygen atoms in total. The number of hydrogen-bond acceptors (Lipinski definition) is 4. The maximum Gasteiger partial charge on any atom is 0.253 e. The summed E-state index contributed by atoms with van der Waals surface area (Å²) in [5.74, 6) is 0.866. The molecule has 0 radical (unpaired) electrons. The molecule has 1 unspecified atom stereocenters. The first-order valence-electron chi connectivity index (χ1n) is 5.72. The summed E-state index contributed by atoms with van der Waals surface area (Å²) in [5, 5.41) is 3.15. The van der Waals surface area contributed by atoms with Crippen molar-refractivity contribution < 1.29 is 9.53 Å². The number of imidazole rings is 1. The van der Waals surface area contributed by atoms with Crippen LogP contribution in [0.5, 0.6) is 0 Å². The summed E-state index contributed by atoms with van der Waals surface area (Å²) in [7, 11) is 3.69. The highest BCUT2D eigenvalue weighted by atomic mass is 16.5. The maximum atomic E-state index is 12.1. The number of aryl methyl sites for hydroxylation is 1. The van der Waals surface area contributed by atoms with Gasteiger partial charge in [0, 0.05) is 39.6 Å². The lowest BCUT2D eigenvalue weighted by Crippen LogP contribution is -2.48. The van der Waals surface area contributed by atoms with Gasteiger partial charge in [0.2, 0.25) is 0 Å². The number of amides is 1. The molecule has 0 spiro atoms. The van der Waals surface area contributed by atoms with Gasteiger partial charge in [0.25, 0.3) is 5.91 Å². The first-order chi connectivity index (χ1) is 8.18. The van der Waals surface area contributed by atoms with E-state index in [1.54, 1.807) is 18.1 Å². The Bertz CT molecular complexity index is 385. The highest BCUT2D eigenvalue weighted by molar-refractivity contribution is 5.81. The molecule has 0 aromatic carbocycles. The fraction of sp³-hybridized carbons (Fsp3) is 0.636. The Labute approximate surface area is 101 Å². The van der Waals surface area contributed by atoms with Gasteiger partial charge < -0.3 is 19.5 Å². The van der Waals surface area contributed by atoms with Crippen molar-refractivity contribution in [1.82, 2.24) is 19.8 Å². The van der Waals surface area contributed by atoms with Gasteiger partial charge in [-0.2, -0.15) is 0 Å². The Morgan fingerprint density at radius 3 is 3.18 bits per heavy atom. The number of rotatable bonds is 3. The number of hydrogen-bond donors (Lipinski definition) is 1. The van der Waals surface area contributed by atoms with Crippen molar-refractivity contribution >= 4 is 5.91 Å². The molecule has 1 aromatic heterocycles. The van der Waals surface area contributed by atoms with Crippen molar-refractivity contribution in [3.8, 4) is 0 Å². The Morgan fingerprint density at radius 2 is 2.59 bits per heavy atom. The molecule has 2 rings (SSSR count). The summed E-state index contributed by atoms with van der Waals surface area (Å²) >= 11 is 0. The zero-order chi connectivity index (χ0) is 12.3. The molecule has 1 aliphatic heterocycles. The smallest absolute Gasteiger partial charge is 0.253 e. The Hall–Kier alpha value is -1.40. The zero-order valence-electron chi connectivity index (χ0n) is 10.2. The highest BCUT2D eigenvalue weighted by Gasteiger charge is 2.25. The molecule has 94 valence electrons. The topological polar surface area (TPSA) is 59.4 Å². The maximum absolute atomic E-state index is 12.1. The summed E-state index contributed by atoms with van der Waals surface area (Å²) in [6.45, 7) is 2.49. The quantitative estimate of drug-likeness (QED) is 0.761.